The molecule has 0 saturated carbocycles. The summed E-state index contributed by atoms with van der Waals surface area (Å²) < 4.78 is 15.8. The second-order valence-electron chi connectivity index (χ2n) is 35.8. The number of amides is 19. The van der Waals surface area contributed by atoms with Gasteiger partial charge in [-0.2, -0.15) is 0 Å². The van der Waals surface area contributed by atoms with Gasteiger partial charge in [-0.15, -0.1) is 0 Å². The predicted octanol–water partition coefficient (Wildman–Crippen LogP) is -3.48. The normalized spacial score (nSPS) is 25.1. The van der Waals surface area contributed by atoms with Crippen molar-refractivity contribution in [2.75, 3.05) is 46.8 Å². The van der Waals surface area contributed by atoms with Gasteiger partial charge in [0.25, 0.3) is 0 Å². The molecule has 4 saturated heterocycles. The van der Waals surface area contributed by atoms with E-state index in [0.717, 1.165) is 36.6 Å². The highest BCUT2D eigenvalue weighted by Gasteiger charge is 2.48. The number of carbonyl (C=O) groups is 20. The molecule has 0 spiro atoms. The van der Waals surface area contributed by atoms with E-state index in [1.54, 1.807) is 62.4 Å². The van der Waals surface area contributed by atoms with Crippen LogP contribution in [0.3, 0.4) is 0 Å². The fourth-order valence-corrected chi connectivity index (χ4v) is 17.8. The number of aromatic nitrogens is 2. The molecule has 4 aliphatic heterocycles. The third-order valence-electron chi connectivity index (χ3n) is 24.9. The van der Waals surface area contributed by atoms with Gasteiger partial charge >= 0.3 is 5.97 Å². The highest BCUT2D eigenvalue weighted by molar-refractivity contribution is 6.03. The number of aliphatic hydroxyl groups excluding tert-OH is 1. The van der Waals surface area contributed by atoms with E-state index in [1.165, 1.54) is 43.2 Å². The molecule has 6 heterocycles. The van der Waals surface area contributed by atoms with Gasteiger partial charge in [0.05, 0.1) is 25.5 Å². The molecule has 45 heteroatoms. The molecule has 3 aromatic carbocycles. The number of hydrogen-bond donors (Lipinski definition) is 18. The first-order valence-corrected chi connectivity index (χ1v) is 46.1. The molecule has 4 aliphatic rings. The standard InChI is InChI=1S/C92H127FN22O22/c1-7-9-21-68-84(129)105-60(36-49(3)4)81(126)109-66(79(98)124)44-99-45-77(121)101-63(37-50-26-28-53(93)29-27-50)90(135)113-34-16-15-24-69(113)86(131)108-65(42-76(97)120)91(136)114-35-17-25-70(114)85(130)102-58(30-32-73(94)117)80(125)103-59(31-33-74(95)118)89(134)115-47-54(116)40-72(115)87(132)106-61(38-51-43-100-57-20-13-11-18-55(51)57)82(127)104-62(41-75(96)119)83(128)107-64(88(133)111(6)71(22-10-8-2)92(137)110(68)5)39-52-46-112(48-78(122)123)67-23-14-12-19-56(52)67/h11-14,18-20,23,26-29,43,46,49,54,58-66,68-72,99-100,116H,7-10,15-17,21-22,24-25,30-42,44-45,47-48H2,1-6H3,(H2,94,117)(H2,95,118)(H2,96,119)(H2,97,120)(H2,98,124)(H,101,121)(H,102,130)(H,103,125)(H,104,127)(H,105,129)(H,106,132)(H,107,128)(H,108,131)(H,109,126)(H,122,123)/t54-,58+,59+,60+,61+,62+,63+,64+,65+,66+,68+,69+,70+,71+,72+/m1/s1. The Labute approximate surface area is 789 Å². The van der Waals surface area contributed by atoms with E-state index in [2.05, 4.69) is 58.2 Å². The number of aliphatic carboxylic acids is 1. The van der Waals surface area contributed by atoms with Gasteiger partial charge in [-0.25, -0.2) is 4.39 Å². The molecular formula is C92H127FN22O22. The lowest BCUT2D eigenvalue weighted by atomic mass is 9.97. The Balaban J connectivity index is 1.12. The zero-order valence-corrected chi connectivity index (χ0v) is 77.6. The topological polar surface area (TPSA) is 669 Å². The van der Waals surface area contributed by atoms with Crippen LogP contribution in [0.2, 0.25) is 0 Å². The lowest BCUT2D eigenvalue weighted by Gasteiger charge is -2.38. The fourth-order valence-electron chi connectivity index (χ4n) is 17.8. The number of carboxylic acid groups (broad SMARTS) is 1. The van der Waals surface area contributed by atoms with Gasteiger partial charge in [-0.05, 0) is 111 Å². The molecule has 0 aliphatic carbocycles. The zero-order valence-electron chi connectivity index (χ0n) is 77.6. The SMILES string of the molecule is CCCC[C@H]1C(=O)N(C)[C@@H](CCCC)C(=O)N[C@@H](CC(C)C)C(=O)N[C@H](C(N)=O)CNCC(=O)N[C@@H](Cc2ccc(F)cc2)C(=O)N2CCCC[C@H]2C(=O)N[C@@H](CC(N)=O)C(=O)N2CCC[C@H]2C(=O)N[C@@H](CCC(N)=O)C(=O)N[C@@H](CCC(N)=O)C(=O)N2C[C@H](O)C[C@H]2C(=O)N[C@@H](Cc2c[nH]c3ccccc23)C(=O)N[C@@H](CC(N)=O)C(=O)N[C@@H](Cc2cn(CC(=O)O)c3ccccc23)C(=O)N1C. The summed E-state index contributed by atoms with van der Waals surface area (Å²) in [5.41, 5.74) is 30.6. The van der Waals surface area contributed by atoms with Gasteiger partial charge < -0.3 is 126 Å². The third-order valence-corrected chi connectivity index (χ3v) is 24.9. The summed E-state index contributed by atoms with van der Waals surface area (Å²) in [6.45, 7) is 4.35. The van der Waals surface area contributed by atoms with Crippen LogP contribution in [0, 0.1) is 11.7 Å². The maximum Gasteiger partial charge on any atom is 0.323 e. The summed E-state index contributed by atoms with van der Waals surface area (Å²) in [7, 11) is 2.60. The molecule has 19 amide bonds. The van der Waals surface area contributed by atoms with Crippen LogP contribution in [0.25, 0.3) is 21.8 Å². The number of carboxylic acids is 1. The maximum atomic E-state index is 15.9. The number of nitrogens with zero attached hydrogens (tertiary/aromatic N) is 6. The number of aromatic amines is 1. The molecule has 15 atom stereocenters. The second kappa shape index (κ2) is 50.0. The first kappa shape index (κ1) is 107. The quantitative estimate of drug-likeness (QED) is 0.0243. The molecule has 0 radical (unpaired) electrons. The molecule has 137 heavy (non-hydrogen) atoms. The zero-order chi connectivity index (χ0) is 100. The molecule has 4 fully saturated rings. The highest BCUT2D eigenvalue weighted by Crippen LogP contribution is 2.30. The number of unbranched alkanes of at least 4 members (excludes halogenated alkanes) is 2. The number of benzene rings is 3. The number of aliphatic hydroxyl groups is 1. The first-order valence-electron chi connectivity index (χ1n) is 46.1. The van der Waals surface area contributed by atoms with E-state index in [4.69, 9.17) is 28.7 Å². The minimum absolute atomic E-state index is 0.0213. The summed E-state index contributed by atoms with van der Waals surface area (Å²) in [4.78, 5) is 297. The Morgan fingerprint density at radius 1 is 0.482 bits per heavy atom. The Morgan fingerprint density at radius 3 is 1.61 bits per heavy atom. The number of nitrogens with one attached hydrogen (secondary N) is 11. The third kappa shape index (κ3) is 29.5. The monoisotopic (exact) mass is 1910 g/mol. The highest BCUT2D eigenvalue weighted by atomic mass is 19.1. The summed E-state index contributed by atoms with van der Waals surface area (Å²) in [6, 6.07) is -5.08. The molecule has 2 aromatic heterocycles. The van der Waals surface area contributed by atoms with Gasteiger partial charge in [0.2, 0.25) is 112 Å². The van der Waals surface area contributed by atoms with Gasteiger partial charge in [-0.1, -0.05) is 102 Å². The van der Waals surface area contributed by atoms with E-state index in [0.29, 0.717) is 65.0 Å². The van der Waals surface area contributed by atoms with Crippen LogP contribution in [0.15, 0.2) is 85.2 Å². The minimum Gasteiger partial charge on any atom is -0.480 e. The molecule has 0 unspecified atom stereocenters. The molecule has 5 aromatic rings. The maximum absolute atomic E-state index is 15.9. The van der Waals surface area contributed by atoms with Gasteiger partial charge in [0.1, 0.15) is 96.9 Å². The summed E-state index contributed by atoms with van der Waals surface area (Å²) in [5.74, 6) is -21.9. The Bertz CT molecular complexity index is 5280. The predicted molar refractivity (Wildman–Crippen MR) is 491 cm³/mol. The number of para-hydroxylation sites is 2. The Kier molecular flexibility index (Phi) is 38.9. The number of halogens is 1. The number of rotatable bonds is 27. The largest absolute Gasteiger partial charge is 0.480 e. The van der Waals surface area contributed by atoms with Crippen molar-refractivity contribution in [2.24, 2.45) is 34.6 Å². The number of carbonyl (C=O) groups excluding carboxylic acids is 19. The van der Waals surface area contributed by atoms with Crippen LogP contribution in [0.1, 0.15) is 166 Å². The van der Waals surface area contributed by atoms with Crippen LogP contribution < -0.4 is 81.8 Å². The number of nitrogens with two attached hydrogens (primary N) is 5. The van der Waals surface area contributed by atoms with Crippen LogP contribution >= 0.6 is 0 Å². The first-order chi connectivity index (χ1) is 65.1. The average Bonchev–Trinajstić information content (AvgIpc) is 1.65. The molecule has 44 nitrogen and oxygen atoms in total. The van der Waals surface area contributed by atoms with Gasteiger partial charge in [0.15, 0.2) is 0 Å². The van der Waals surface area contributed by atoms with Crippen LogP contribution in [0.5, 0.6) is 0 Å². The van der Waals surface area contributed by atoms with Crippen molar-refractivity contribution in [3.05, 3.63) is 108 Å². The number of fused-ring (bicyclic) bond motifs is 5. The molecule has 0 bridgehead atoms. The van der Waals surface area contributed by atoms with E-state index in [1.807, 2.05) is 13.8 Å². The van der Waals surface area contributed by atoms with E-state index < -0.39 is 299 Å². The van der Waals surface area contributed by atoms with Crippen molar-refractivity contribution in [2.45, 2.75) is 266 Å². The fraction of sp³-hybridized carbons (Fsp3) is 0.543. The van der Waals surface area contributed by atoms with Crippen molar-refractivity contribution < 1.29 is 110 Å². The van der Waals surface area contributed by atoms with Crippen molar-refractivity contribution in [1.29, 1.82) is 0 Å². The Hall–Kier alpha value is -14.0. The van der Waals surface area contributed by atoms with Crippen LogP contribution in [-0.2, 0) is 122 Å². The smallest absolute Gasteiger partial charge is 0.323 e. The summed E-state index contributed by atoms with van der Waals surface area (Å²) in [5, 5.41) is 48.6. The summed E-state index contributed by atoms with van der Waals surface area (Å²) in [6.07, 6.45) is -2.71. The molecule has 9 rings (SSSR count). The molecular weight excluding hydrogens is 1780 g/mol. The number of piperidine rings is 1. The van der Waals surface area contributed by atoms with Crippen molar-refractivity contribution >= 4 is 140 Å². The van der Waals surface area contributed by atoms with E-state index >= 15 is 38.4 Å². The second-order valence-corrected chi connectivity index (χ2v) is 35.8. The lowest BCUT2D eigenvalue weighted by molar-refractivity contribution is -0.149. The van der Waals surface area contributed by atoms with Crippen molar-refractivity contribution in [3.63, 3.8) is 0 Å². The molecule has 744 valence electrons. The minimum atomic E-state index is -2.04. The average molecular weight is 1910 g/mol. The summed E-state index contributed by atoms with van der Waals surface area (Å²) >= 11 is 0. The lowest BCUT2D eigenvalue weighted by Crippen LogP contribution is -2.62. The number of primary amides is 5. The molecule has 23 N–H and O–H groups in total. The van der Waals surface area contributed by atoms with Crippen LogP contribution in [0.4, 0.5) is 4.39 Å². The van der Waals surface area contributed by atoms with E-state index in [-0.39, 0.29) is 75.9 Å². The number of likely N-dealkylation sites (N-methyl/N-ethyl adjacent to an activating group) is 2. The van der Waals surface area contributed by atoms with Crippen molar-refractivity contribution in [1.82, 2.24) is 87.2 Å². The number of H-pyrrole nitrogens is 1. The Morgan fingerprint density at radius 2 is 0.985 bits per heavy atom. The van der Waals surface area contributed by atoms with Crippen LogP contribution in [-0.4, -0.2) is 300 Å². The van der Waals surface area contributed by atoms with Gasteiger partial charge in [0, 0.05) is 113 Å². The van der Waals surface area contributed by atoms with Gasteiger partial charge in [-0.3, -0.25) is 95.9 Å². The number of hydrogen-bond acceptors (Lipinski definition) is 22. The van der Waals surface area contributed by atoms with Crippen molar-refractivity contribution in [3.8, 4) is 0 Å². The van der Waals surface area contributed by atoms with E-state index in [9.17, 15) is 72.1 Å².